The van der Waals surface area contributed by atoms with E-state index in [4.69, 9.17) is 11.6 Å². The van der Waals surface area contributed by atoms with E-state index in [0.29, 0.717) is 10.6 Å². The third-order valence-electron chi connectivity index (χ3n) is 3.22. The van der Waals surface area contributed by atoms with Crippen LogP contribution in [0.1, 0.15) is 29.6 Å². The van der Waals surface area contributed by atoms with E-state index in [9.17, 15) is 9.59 Å². The summed E-state index contributed by atoms with van der Waals surface area (Å²) >= 11 is 5.75. The lowest BCUT2D eigenvalue weighted by Gasteiger charge is -2.26. The van der Waals surface area contributed by atoms with Crippen LogP contribution in [-0.4, -0.2) is 36.3 Å². The van der Waals surface area contributed by atoms with E-state index in [1.165, 1.54) is 6.42 Å². The van der Waals surface area contributed by atoms with Gasteiger partial charge in [-0.1, -0.05) is 11.6 Å². The number of amides is 2. The molecule has 1 aliphatic heterocycles. The van der Waals surface area contributed by atoms with Crippen LogP contribution in [0.15, 0.2) is 24.3 Å². The van der Waals surface area contributed by atoms with E-state index < -0.39 is 0 Å². The maximum absolute atomic E-state index is 11.9. The molecule has 1 saturated heterocycles. The number of hydrogen-bond donors (Lipinski definition) is 1. The summed E-state index contributed by atoms with van der Waals surface area (Å²) in [5, 5.41) is 3.23. The van der Waals surface area contributed by atoms with Crippen LogP contribution in [0, 0.1) is 0 Å². The molecule has 19 heavy (non-hydrogen) atoms. The number of nitrogens with one attached hydrogen (secondary N) is 1. The van der Waals surface area contributed by atoms with E-state index in [1.54, 1.807) is 24.3 Å². The molecule has 1 heterocycles. The Labute approximate surface area is 117 Å². The highest BCUT2D eigenvalue weighted by molar-refractivity contribution is 6.30. The number of nitrogens with zero attached hydrogens (tertiary/aromatic N) is 1. The Morgan fingerprint density at radius 2 is 1.74 bits per heavy atom. The Morgan fingerprint density at radius 1 is 1.11 bits per heavy atom. The van der Waals surface area contributed by atoms with E-state index in [1.807, 2.05) is 4.90 Å². The molecule has 2 amide bonds. The first kappa shape index (κ1) is 13.9. The zero-order valence-corrected chi connectivity index (χ0v) is 11.4. The van der Waals surface area contributed by atoms with E-state index in [2.05, 4.69) is 5.32 Å². The summed E-state index contributed by atoms with van der Waals surface area (Å²) in [4.78, 5) is 25.5. The summed E-state index contributed by atoms with van der Waals surface area (Å²) in [5.74, 6) is -0.260. The summed E-state index contributed by atoms with van der Waals surface area (Å²) in [7, 11) is 0. The fraction of sp³-hybridized carbons (Fsp3) is 0.429. The average molecular weight is 281 g/mol. The van der Waals surface area contributed by atoms with Crippen LogP contribution in [0.4, 0.5) is 0 Å². The molecule has 5 heteroatoms. The van der Waals surface area contributed by atoms with Gasteiger partial charge in [-0.15, -0.1) is 0 Å². The van der Waals surface area contributed by atoms with E-state index in [0.717, 1.165) is 25.9 Å². The summed E-state index contributed by atoms with van der Waals surface area (Å²) in [6, 6.07) is 6.60. The molecule has 1 N–H and O–H groups in total. The van der Waals surface area contributed by atoms with Crippen LogP contribution in [0.25, 0.3) is 0 Å². The van der Waals surface area contributed by atoms with Crippen molar-refractivity contribution in [1.82, 2.24) is 10.2 Å². The smallest absolute Gasteiger partial charge is 0.251 e. The highest BCUT2D eigenvalue weighted by Gasteiger charge is 2.17. The number of rotatable bonds is 3. The second-order valence-corrected chi connectivity index (χ2v) is 5.07. The van der Waals surface area contributed by atoms with Crippen molar-refractivity contribution in [3.63, 3.8) is 0 Å². The topological polar surface area (TPSA) is 49.4 Å². The molecule has 1 aromatic rings. The monoisotopic (exact) mass is 280 g/mol. The fourth-order valence-corrected chi connectivity index (χ4v) is 2.24. The minimum absolute atomic E-state index is 0.0120. The minimum Gasteiger partial charge on any atom is -0.343 e. The third kappa shape index (κ3) is 3.96. The van der Waals surface area contributed by atoms with Crippen molar-refractivity contribution in [1.29, 1.82) is 0 Å². The van der Waals surface area contributed by atoms with Crippen molar-refractivity contribution < 1.29 is 9.59 Å². The van der Waals surface area contributed by atoms with Crippen LogP contribution in [0.2, 0.25) is 5.02 Å². The lowest BCUT2D eigenvalue weighted by atomic mass is 10.1. The molecule has 0 spiro atoms. The van der Waals surface area contributed by atoms with Crippen molar-refractivity contribution in [2.75, 3.05) is 19.6 Å². The van der Waals surface area contributed by atoms with Crippen LogP contribution in [0.3, 0.4) is 0 Å². The Balaban J connectivity index is 1.82. The molecular formula is C14H17ClN2O2. The minimum atomic E-state index is -0.248. The quantitative estimate of drug-likeness (QED) is 0.922. The Bertz CT molecular complexity index is 453. The van der Waals surface area contributed by atoms with Gasteiger partial charge in [0.1, 0.15) is 0 Å². The lowest BCUT2D eigenvalue weighted by molar-refractivity contribution is -0.130. The summed E-state index contributed by atoms with van der Waals surface area (Å²) in [6.07, 6.45) is 3.29. The van der Waals surface area contributed by atoms with Gasteiger partial charge < -0.3 is 10.2 Å². The van der Waals surface area contributed by atoms with Crippen LogP contribution in [-0.2, 0) is 4.79 Å². The molecule has 0 saturated carbocycles. The maximum atomic E-state index is 11.9. The highest BCUT2D eigenvalue weighted by atomic mass is 35.5. The first-order chi connectivity index (χ1) is 9.16. The predicted molar refractivity (Wildman–Crippen MR) is 74.2 cm³/mol. The van der Waals surface area contributed by atoms with Crippen LogP contribution in [0.5, 0.6) is 0 Å². The number of carbonyl (C=O) groups excluding carboxylic acids is 2. The molecule has 0 bridgehead atoms. The average Bonchev–Trinajstić information content (AvgIpc) is 2.46. The Morgan fingerprint density at radius 3 is 2.37 bits per heavy atom. The fourth-order valence-electron chi connectivity index (χ4n) is 2.11. The van der Waals surface area contributed by atoms with Crippen LogP contribution >= 0.6 is 11.6 Å². The van der Waals surface area contributed by atoms with E-state index in [-0.39, 0.29) is 18.4 Å². The normalized spacial score (nSPS) is 15.1. The van der Waals surface area contributed by atoms with E-state index >= 15 is 0 Å². The van der Waals surface area contributed by atoms with Gasteiger partial charge >= 0.3 is 0 Å². The first-order valence-corrected chi connectivity index (χ1v) is 6.86. The molecule has 0 aromatic heterocycles. The molecule has 1 fully saturated rings. The number of carbonyl (C=O) groups is 2. The molecular weight excluding hydrogens is 264 g/mol. The van der Waals surface area contributed by atoms with Crippen molar-refractivity contribution in [2.24, 2.45) is 0 Å². The van der Waals surface area contributed by atoms with Gasteiger partial charge in [0, 0.05) is 23.7 Å². The van der Waals surface area contributed by atoms with Crippen molar-refractivity contribution >= 4 is 23.4 Å². The van der Waals surface area contributed by atoms with Crippen molar-refractivity contribution in [3.05, 3.63) is 34.9 Å². The largest absolute Gasteiger partial charge is 0.343 e. The van der Waals surface area contributed by atoms with Crippen LogP contribution < -0.4 is 5.32 Å². The van der Waals surface area contributed by atoms with Gasteiger partial charge in [0.05, 0.1) is 6.54 Å². The number of piperidine rings is 1. The number of likely N-dealkylation sites (tertiary alicyclic amines) is 1. The molecule has 0 unspecified atom stereocenters. The standard InChI is InChI=1S/C14H17ClN2O2/c15-12-6-4-11(5-7-12)14(19)16-10-13(18)17-8-2-1-3-9-17/h4-7H,1-3,8-10H2,(H,16,19). The highest BCUT2D eigenvalue weighted by Crippen LogP contribution is 2.10. The summed E-state index contributed by atoms with van der Waals surface area (Å²) < 4.78 is 0. The first-order valence-electron chi connectivity index (χ1n) is 6.48. The second kappa shape index (κ2) is 6.57. The molecule has 2 rings (SSSR count). The zero-order valence-electron chi connectivity index (χ0n) is 10.7. The summed E-state index contributed by atoms with van der Waals surface area (Å²) in [5.41, 5.74) is 0.510. The van der Waals surface area contributed by atoms with Gasteiger partial charge in [0.15, 0.2) is 0 Å². The van der Waals surface area contributed by atoms with Gasteiger partial charge in [-0.3, -0.25) is 9.59 Å². The third-order valence-corrected chi connectivity index (χ3v) is 3.47. The van der Waals surface area contributed by atoms with Crippen molar-refractivity contribution in [2.45, 2.75) is 19.3 Å². The molecule has 0 atom stereocenters. The lowest BCUT2D eigenvalue weighted by Crippen LogP contribution is -2.42. The molecule has 102 valence electrons. The molecule has 0 aliphatic carbocycles. The van der Waals surface area contributed by atoms with Crippen molar-refractivity contribution in [3.8, 4) is 0 Å². The molecule has 4 nitrogen and oxygen atoms in total. The Hall–Kier alpha value is -1.55. The molecule has 1 aliphatic rings. The molecule has 1 aromatic carbocycles. The molecule has 0 radical (unpaired) electrons. The van der Waals surface area contributed by atoms with Gasteiger partial charge in [-0.2, -0.15) is 0 Å². The Kier molecular flexibility index (Phi) is 4.80. The number of hydrogen-bond acceptors (Lipinski definition) is 2. The van der Waals surface area contributed by atoms with Gasteiger partial charge in [0.25, 0.3) is 5.91 Å². The second-order valence-electron chi connectivity index (χ2n) is 4.63. The number of benzene rings is 1. The SMILES string of the molecule is O=C(NCC(=O)N1CCCCC1)c1ccc(Cl)cc1. The number of halogens is 1. The van der Waals surface area contributed by atoms with Gasteiger partial charge in [-0.25, -0.2) is 0 Å². The van der Waals surface area contributed by atoms with Gasteiger partial charge in [0.2, 0.25) is 5.91 Å². The maximum Gasteiger partial charge on any atom is 0.251 e. The predicted octanol–water partition coefficient (Wildman–Crippen LogP) is 2.08. The summed E-state index contributed by atoms with van der Waals surface area (Å²) in [6.45, 7) is 1.66. The zero-order chi connectivity index (χ0) is 13.7. The van der Waals surface area contributed by atoms with Gasteiger partial charge in [-0.05, 0) is 43.5 Å².